The molecule has 0 amide bonds. The van der Waals surface area contributed by atoms with Crippen LogP contribution in [-0.2, 0) is 33.2 Å². The van der Waals surface area contributed by atoms with Gasteiger partial charge in [0.15, 0.2) is 23.7 Å². The summed E-state index contributed by atoms with van der Waals surface area (Å²) < 4.78 is 144. The third-order valence-electron chi connectivity index (χ3n) is 12.2. The number of ether oxygens (including phenoxy) is 7. The van der Waals surface area contributed by atoms with E-state index in [1.807, 2.05) is 0 Å². The molecule has 10 aliphatic rings. The van der Waals surface area contributed by atoms with Gasteiger partial charge in [-0.05, 0) is 76.0 Å². The van der Waals surface area contributed by atoms with Gasteiger partial charge in [-0.2, -0.15) is 35.1 Å². The molecule has 8 bridgehead atoms. The summed E-state index contributed by atoms with van der Waals surface area (Å²) in [5.41, 5.74) is -2.48. The Morgan fingerprint density at radius 2 is 0.943 bits per heavy atom. The fourth-order valence-corrected chi connectivity index (χ4v) is 10.7. The predicted molar refractivity (Wildman–Crippen MR) is 165 cm³/mol. The summed E-state index contributed by atoms with van der Waals surface area (Å²) in [7, 11) is 0. The molecule has 21 heteroatoms. The van der Waals surface area contributed by atoms with E-state index in [4.69, 9.17) is 46.9 Å². The number of halogens is 11. The number of carbonyl (C=O) groups excluding carboxylic acids is 2. The minimum atomic E-state index is -4.29. The highest BCUT2D eigenvalue weighted by Crippen LogP contribution is 2.65. The Labute approximate surface area is 313 Å². The van der Waals surface area contributed by atoms with Crippen LogP contribution < -0.4 is 0 Å². The van der Waals surface area contributed by atoms with Crippen LogP contribution in [0.25, 0.3) is 0 Å². The molecule has 10 nitrogen and oxygen atoms in total. The van der Waals surface area contributed by atoms with Gasteiger partial charge >= 0.3 is 35.3 Å². The first kappa shape index (κ1) is 41.5. The summed E-state index contributed by atoms with van der Waals surface area (Å²) in [6.45, 7) is -5.42. The molecule has 2 spiro atoms. The van der Waals surface area contributed by atoms with E-state index in [1.165, 1.54) is 0 Å². The second-order valence-corrected chi connectivity index (χ2v) is 16.4. The van der Waals surface area contributed by atoms with E-state index >= 15 is 0 Å². The minimum absolute atomic E-state index is 0.178. The molecular formula is C32H39Cl3F8O10. The van der Waals surface area contributed by atoms with Crippen molar-refractivity contribution in [3.8, 4) is 0 Å². The Hall–Kier alpha value is -1.15. The molecule has 0 aromatic heterocycles. The van der Waals surface area contributed by atoms with Crippen LogP contribution in [0, 0.1) is 35.5 Å². The van der Waals surface area contributed by atoms with Gasteiger partial charge in [-0.3, -0.25) is 0 Å². The lowest BCUT2D eigenvalue weighted by molar-refractivity contribution is -0.354. The molecule has 0 radical (unpaired) electrons. The molecule has 0 aromatic rings. The Morgan fingerprint density at radius 3 is 1.26 bits per heavy atom. The molecule has 2 heterocycles. The highest BCUT2D eigenvalue weighted by molar-refractivity contribution is 6.61. The van der Waals surface area contributed by atoms with E-state index in [2.05, 4.69) is 21.1 Å². The maximum Gasteiger partial charge on any atom is 0.510 e. The second kappa shape index (κ2) is 14.3. The lowest BCUT2D eigenvalue weighted by Gasteiger charge is -2.62. The molecular weight excluding hydrogens is 803 g/mol. The zero-order chi connectivity index (χ0) is 38.9. The van der Waals surface area contributed by atoms with Gasteiger partial charge in [0.1, 0.15) is 32.0 Å². The van der Waals surface area contributed by atoms with Crippen molar-refractivity contribution < 1.29 is 83.0 Å². The highest BCUT2D eigenvalue weighted by atomic mass is 35.5. The summed E-state index contributed by atoms with van der Waals surface area (Å²) >= 11 is 14.9. The van der Waals surface area contributed by atoms with Crippen molar-refractivity contribution >= 4 is 46.4 Å². The molecule has 10 fully saturated rings. The fraction of sp³-hybridized carbons (Fsp3) is 0.938. The van der Waals surface area contributed by atoms with Gasteiger partial charge in [-0.15, -0.1) is 0 Å². The normalized spacial score (nSPS) is 40.8. The quantitative estimate of drug-likeness (QED) is 0.129. The Bertz CT molecular complexity index is 1320. The number of hydrogen-bond acceptors (Lipinski definition) is 10. The first-order valence-electron chi connectivity index (χ1n) is 17.1. The minimum Gasteiger partial charge on any atom is -0.437 e. The van der Waals surface area contributed by atoms with E-state index in [-0.39, 0.29) is 29.9 Å². The smallest absolute Gasteiger partial charge is 0.437 e. The average molecular weight is 842 g/mol. The van der Waals surface area contributed by atoms with Crippen LogP contribution in [0.2, 0.25) is 0 Å². The van der Waals surface area contributed by atoms with Gasteiger partial charge in [-0.1, -0.05) is 23.2 Å². The van der Waals surface area contributed by atoms with Crippen molar-refractivity contribution in [2.24, 2.45) is 35.5 Å². The summed E-state index contributed by atoms with van der Waals surface area (Å²) in [4.78, 5) is 21.2. The summed E-state index contributed by atoms with van der Waals surface area (Å²) in [6, 6.07) is -0.520. The number of hydrogen-bond donors (Lipinski definition) is 1. The van der Waals surface area contributed by atoms with Crippen LogP contribution in [0.15, 0.2) is 0 Å². The molecule has 53 heavy (non-hydrogen) atoms. The molecule has 2 aliphatic heterocycles. The molecule has 0 aromatic carbocycles. The van der Waals surface area contributed by atoms with Crippen LogP contribution in [0.1, 0.15) is 64.2 Å². The zero-order valence-corrected chi connectivity index (χ0v) is 30.3. The van der Waals surface area contributed by atoms with Gasteiger partial charge in [0.25, 0.3) is 0 Å². The SMILES string of the molecule is O=C(Cl)OCCl.O=C(OCCl)OC12CC3CC(C1)C1(OCC(F)(F)C(F)(F)CO1)C(C3)C2.OC12CC3CC(C1)C1(OCC(F)(F)C(F)(F)CO1)C(C3)C2. The Kier molecular flexibility index (Phi) is 11.2. The molecule has 8 aliphatic carbocycles. The zero-order valence-electron chi connectivity index (χ0n) is 28.1. The van der Waals surface area contributed by atoms with Crippen molar-refractivity contribution in [3.63, 3.8) is 0 Å². The van der Waals surface area contributed by atoms with E-state index < -0.39 is 96.3 Å². The van der Waals surface area contributed by atoms with Gasteiger partial charge in [0, 0.05) is 35.3 Å². The number of alkyl halides is 10. The highest BCUT2D eigenvalue weighted by Gasteiger charge is 2.71. The van der Waals surface area contributed by atoms with Gasteiger partial charge < -0.3 is 38.3 Å². The van der Waals surface area contributed by atoms with Gasteiger partial charge in [0.05, 0.1) is 5.60 Å². The molecule has 304 valence electrons. The van der Waals surface area contributed by atoms with Crippen molar-refractivity contribution in [1.82, 2.24) is 0 Å². The summed E-state index contributed by atoms with van der Waals surface area (Å²) in [6.07, 6.45) is 4.40. The van der Waals surface area contributed by atoms with E-state index in [0.717, 1.165) is 0 Å². The lowest BCUT2D eigenvalue weighted by atomic mass is 9.51. The average Bonchev–Trinajstić information content (AvgIpc) is 3.18. The van der Waals surface area contributed by atoms with Crippen LogP contribution in [0.3, 0.4) is 0 Å². The Morgan fingerprint density at radius 1 is 0.585 bits per heavy atom. The van der Waals surface area contributed by atoms with Gasteiger partial charge in [0.2, 0.25) is 0 Å². The number of carbonyl (C=O) groups is 2. The monoisotopic (exact) mass is 840 g/mol. The van der Waals surface area contributed by atoms with E-state index in [0.29, 0.717) is 70.1 Å². The van der Waals surface area contributed by atoms with Crippen LogP contribution in [0.4, 0.5) is 44.7 Å². The molecule has 4 atom stereocenters. The number of aliphatic hydroxyl groups is 1. The second-order valence-electron chi connectivity index (χ2n) is 15.6. The maximum atomic E-state index is 13.7. The lowest BCUT2D eigenvalue weighted by Crippen LogP contribution is -2.66. The third-order valence-corrected chi connectivity index (χ3v) is 12.5. The third kappa shape index (κ3) is 7.66. The van der Waals surface area contributed by atoms with Crippen LogP contribution in [0.5, 0.6) is 0 Å². The van der Waals surface area contributed by atoms with E-state index in [9.17, 15) is 49.8 Å². The van der Waals surface area contributed by atoms with E-state index in [1.54, 1.807) is 0 Å². The Balaban J connectivity index is 0.000000160. The molecule has 10 rings (SSSR count). The fourth-order valence-electron chi connectivity index (χ4n) is 10.4. The molecule has 8 saturated carbocycles. The molecule has 1 N–H and O–H groups in total. The first-order chi connectivity index (χ1) is 24.5. The van der Waals surface area contributed by atoms with Gasteiger partial charge in [-0.25, -0.2) is 9.59 Å². The largest absolute Gasteiger partial charge is 0.510 e. The van der Waals surface area contributed by atoms with Crippen LogP contribution >= 0.6 is 34.8 Å². The maximum absolute atomic E-state index is 13.7. The van der Waals surface area contributed by atoms with Crippen LogP contribution in [-0.4, -0.2) is 102 Å². The first-order valence-corrected chi connectivity index (χ1v) is 18.6. The van der Waals surface area contributed by atoms with Crippen molar-refractivity contribution in [2.75, 3.05) is 38.6 Å². The molecule has 4 unspecified atom stereocenters. The number of rotatable bonds is 3. The summed E-state index contributed by atoms with van der Waals surface area (Å²) in [5.74, 6) is -20.7. The van der Waals surface area contributed by atoms with Crippen molar-refractivity contribution in [3.05, 3.63) is 0 Å². The van der Waals surface area contributed by atoms with Crippen molar-refractivity contribution in [1.29, 1.82) is 0 Å². The topological polar surface area (TPSA) is 119 Å². The predicted octanol–water partition coefficient (Wildman–Crippen LogP) is 8.06. The summed E-state index contributed by atoms with van der Waals surface area (Å²) in [5, 5.41) is 10.5. The van der Waals surface area contributed by atoms with Crippen molar-refractivity contribution in [2.45, 2.75) is 111 Å². The standard InChI is InChI=1S/C16H19ClF4O5.C14H18F4O3.C2H2Cl2O2/c17-8-23-12(22)26-13-3-9-1-10(4-13)16(11(2-9)5-13)24-6-14(18,19)15(20,21)7-25-16;15-12(16)6-20-14(21-7-13(12,17)18)9-1-8-2-10(14)5-11(19,3-8)4-9;3-1-6-2(4)5/h9-11H,1-8H2;8-10,19H,1-7H2;1H2. The molecule has 2 saturated heterocycles.